The normalized spacial score (nSPS) is 10.2. The molecular weight excluding hydrogens is 326 g/mol. The van der Waals surface area contributed by atoms with Crippen molar-refractivity contribution >= 4 is 12.2 Å². The van der Waals surface area contributed by atoms with Crippen molar-refractivity contribution in [3.05, 3.63) is 77.0 Å². The molecule has 0 atom stereocenters. The van der Waals surface area contributed by atoms with Gasteiger partial charge < -0.3 is 5.32 Å². The molecule has 128 valence electrons. The Balaban J connectivity index is 1.73. The highest BCUT2D eigenvalue weighted by molar-refractivity contribution is 5.65. The van der Waals surface area contributed by atoms with E-state index < -0.39 is 0 Å². The van der Waals surface area contributed by atoms with E-state index in [4.69, 9.17) is 10.7 Å². The Bertz CT molecular complexity index is 1050. The summed E-state index contributed by atoms with van der Waals surface area (Å²) in [4.78, 5) is 15.2. The smallest absolute Gasteiger partial charge is 0.219 e. The summed E-state index contributed by atoms with van der Waals surface area (Å²) in [5, 5.41) is 19.8. The molecule has 0 unspecified atom stereocenters. The first-order valence-electron chi connectivity index (χ1n) is 8.02. The molecule has 26 heavy (non-hydrogen) atoms. The van der Waals surface area contributed by atoms with Crippen LogP contribution in [0.2, 0.25) is 0 Å². The molecule has 1 aromatic carbocycles. The minimum atomic E-state index is 0.148. The van der Waals surface area contributed by atoms with Crippen molar-refractivity contribution in [1.29, 1.82) is 10.7 Å². The van der Waals surface area contributed by atoms with E-state index in [-0.39, 0.29) is 5.49 Å². The molecule has 0 saturated heterocycles. The molecule has 0 spiro atoms. The number of nitrogens with one attached hydrogen (secondary N) is 2. The number of anilines is 1. The number of hydrogen-bond acceptors (Lipinski definition) is 5. The number of carbonyl (C=O) groups excluding carboxylic acids is 1. The third-order valence-corrected chi connectivity index (χ3v) is 4.05. The number of benzene rings is 1. The van der Waals surface area contributed by atoms with Crippen LogP contribution < -0.4 is 10.8 Å². The van der Waals surface area contributed by atoms with E-state index in [1.807, 2.05) is 37.3 Å². The number of rotatable bonds is 5. The van der Waals surface area contributed by atoms with E-state index in [1.165, 1.54) is 4.57 Å². The predicted molar refractivity (Wildman–Crippen MR) is 98.9 cm³/mol. The van der Waals surface area contributed by atoms with Crippen LogP contribution in [-0.4, -0.2) is 16.0 Å². The van der Waals surface area contributed by atoms with Crippen LogP contribution >= 0.6 is 0 Å². The van der Waals surface area contributed by atoms with Crippen LogP contribution in [0.5, 0.6) is 0 Å². The molecule has 0 saturated carbocycles. The number of nitrogens with zero attached hydrogens (tertiary/aromatic N) is 3. The summed E-state index contributed by atoms with van der Waals surface area (Å²) in [5.41, 5.74) is 4.54. The van der Waals surface area contributed by atoms with Crippen molar-refractivity contribution in [3.63, 3.8) is 0 Å². The highest BCUT2D eigenvalue weighted by Gasteiger charge is 2.03. The van der Waals surface area contributed by atoms with Crippen molar-refractivity contribution in [3.8, 4) is 17.2 Å². The molecular formula is C20H17N5O. The third-order valence-electron chi connectivity index (χ3n) is 4.05. The maximum atomic E-state index is 11.0. The second-order valence-electron chi connectivity index (χ2n) is 5.87. The van der Waals surface area contributed by atoms with Gasteiger partial charge in [0.15, 0.2) is 0 Å². The average molecular weight is 343 g/mol. The quantitative estimate of drug-likeness (QED) is 0.697. The summed E-state index contributed by atoms with van der Waals surface area (Å²) < 4.78 is 1.24. The van der Waals surface area contributed by atoms with Crippen molar-refractivity contribution < 1.29 is 4.79 Å². The molecule has 3 aromatic rings. The number of pyridine rings is 2. The van der Waals surface area contributed by atoms with E-state index in [9.17, 15) is 4.79 Å². The van der Waals surface area contributed by atoms with Crippen molar-refractivity contribution in [2.24, 2.45) is 0 Å². The molecule has 2 aromatic heterocycles. The first kappa shape index (κ1) is 17.1. The first-order chi connectivity index (χ1) is 12.6. The lowest BCUT2D eigenvalue weighted by Gasteiger charge is -2.10. The van der Waals surface area contributed by atoms with Gasteiger partial charge in [-0.25, -0.2) is 4.98 Å². The lowest BCUT2D eigenvalue weighted by molar-refractivity contribution is 0.544. The lowest BCUT2D eigenvalue weighted by atomic mass is 10.1. The van der Waals surface area contributed by atoms with E-state index >= 15 is 0 Å². The van der Waals surface area contributed by atoms with Crippen LogP contribution in [0.1, 0.15) is 16.7 Å². The summed E-state index contributed by atoms with van der Waals surface area (Å²) in [6, 6.07) is 15.2. The van der Waals surface area contributed by atoms with Crippen LogP contribution in [0.3, 0.4) is 0 Å². The number of carbonyl (C=O) groups is 1. The van der Waals surface area contributed by atoms with Gasteiger partial charge in [-0.15, -0.1) is 0 Å². The van der Waals surface area contributed by atoms with E-state index in [0.29, 0.717) is 18.5 Å². The molecule has 0 fully saturated rings. The van der Waals surface area contributed by atoms with Crippen LogP contribution in [0, 0.1) is 23.7 Å². The summed E-state index contributed by atoms with van der Waals surface area (Å²) in [7, 11) is 0. The number of aromatic nitrogens is 2. The zero-order valence-electron chi connectivity index (χ0n) is 14.2. The Kier molecular flexibility index (Phi) is 4.90. The summed E-state index contributed by atoms with van der Waals surface area (Å²) in [6.45, 7) is 2.53. The number of nitriles is 1. The van der Waals surface area contributed by atoms with Gasteiger partial charge in [0.05, 0.1) is 5.56 Å². The number of aryl methyl sites for hydroxylation is 1. The maximum absolute atomic E-state index is 11.0. The molecule has 6 nitrogen and oxygen atoms in total. The molecule has 6 heteroatoms. The Morgan fingerprint density at radius 3 is 2.62 bits per heavy atom. The van der Waals surface area contributed by atoms with Gasteiger partial charge in [0.1, 0.15) is 17.4 Å². The molecule has 0 aliphatic carbocycles. The SMILES string of the molecule is Cc1cc(C#N)cnc1NCc1ccc(-c2ccc(=N)n(C=O)c2)cc1. The lowest BCUT2D eigenvalue weighted by Crippen LogP contribution is -2.17. The maximum Gasteiger partial charge on any atom is 0.219 e. The molecule has 2 heterocycles. The first-order valence-corrected chi connectivity index (χ1v) is 8.02. The summed E-state index contributed by atoms with van der Waals surface area (Å²) >= 11 is 0. The number of hydrogen-bond donors (Lipinski definition) is 2. The van der Waals surface area contributed by atoms with Gasteiger partial charge in [-0.3, -0.25) is 14.8 Å². The highest BCUT2D eigenvalue weighted by atomic mass is 16.1. The van der Waals surface area contributed by atoms with E-state index in [1.54, 1.807) is 24.5 Å². The van der Waals surface area contributed by atoms with E-state index in [2.05, 4.69) is 16.4 Å². The highest BCUT2D eigenvalue weighted by Crippen LogP contribution is 2.19. The molecule has 3 rings (SSSR count). The van der Waals surface area contributed by atoms with Crippen LogP contribution in [0.4, 0.5) is 5.82 Å². The second kappa shape index (κ2) is 7.45. The van der Waals surface area contributed by atoms with Crippen LogP contribution in [-0.2, 0) is 11.3 Å². The zero-order valence-corrected chi connectivity index (χ0v) is 14.2. The predicted octanol–water partition coefficient (Wildman–Crippen LogP) is 2.86. The zero-order chi connectivity index (χ0) is 18.5. The minimum absolute atomic E-state index is 0.148. The third kappa shape index (κ3) is 3.68. The van der Waals surface area contributed by atoms with Gasteiger partial charge in [0.2, 0.25) is 6.41 Å². The fourth-order valence-corrected chi connectivity index (χ4v) is 2.60. The van der Waals surface area contributed by atoms with Crippen molar-refractivity contribution in [2.45, 2.75) is 13.5 Å². The van der Waals surface area contributed by atoms with E-state index in [0.717, 1.165) is 28.1 Å². The summed E-state index contributed by atoms with van der Waals surface area (Å²) in [6.07, 6.45) is 3.82. The second-order valence-corrected chi connectivity index (χ2v) is 5.87. The fraction of sp³-hybridized carbons (Fsp3) is 0.100. The van der Waals surface area contributed by atoms with Gasteiger partial charge in [0, 0.05) is 18.9 Å². The van der Waals surface area contributed by atoms with Crippen LogP contribution in [0.25, 0.3) is 11.1 Å². The van der Waals surface area contributed by atoms with Gasteiger partial charge in [-0.05, 0) is 47.4 Å². The van der Waals surface area contributed by atoms with Gasteiger partial charge in [-0.1, -0.05) is 24.3 Å². The largest absolute Gasteiger partial charge is 0.366 e. The van der Waals surface area contributed by atoms with Gasteiger partial charge in [0.25, 0.3) is 0 Å². The molecule has 0 aliphatic rings. The standard InChI is InChI=1S/C20H17N5O/c1-14-8-16(9-21)11-24-20(14)23-10-15-2-4-17(5-3-15)18-6-7-19(22)25(12-18)13-26/h2-8,11-13,22H,10H2,1H3,(H,23,24). The molecule has 0 bridgehead atoms. The van der Waals surface area contributed by atoms with Crippen molar-refractivity contribution in [2.75, 3.05) is 5.32 Å². The minimum Gasteiger partial charge on any atom is -0.366 e. The molecule has 2 N–H and O–H groups in total. The Labute approximate surface area is 150 Å². The van der Waals surface area contributed by atoms with Gasteiger partial charge in [-0.2, -0.15) is 5.26 Å². The topological polar surface area (TPSA) is 94.6 Å². The Morgan fingerprint density at radius 1 is 1.23 bits per heavy atom. The van der Waals surface area contributed by atoms with Crippen LogP contribution in [0.15, 0.2) is 54.9 Å². The molecule has 0 amide bonds. The monoisotopic (exact) mass is 343 g/mol. The fourth-order valence-electron chi connectivity index (χ4n) is 2.60. The molecule has 0 aliphatic heterocycles. The molecule has 0 radical (unpaired) electrons. The van der Waals surface area contributed by atoms with Gasteiger partial charge >= 0.3 is 0 Å². The summed E-state index contributed by atoms with van der Waals surface area (Å²) in [5.74, 6) is 0.756. The Hall–Kier alpha value is -3.72. The average Bonchev–Trinajstić information content (AvgIpc) is 2.68. The Morgan fingerprint density at radius 2 is 1.96 bits per heavy atom. The van der Waals surface area contributed by atoms with Crippen molar-refractivity contribution in [1.82, 2.24) is 9.55 Å².